The highest BCUT2D eigenvalue weighted by Gasteiger charge is 2.21. The van der Waals surface area contributed by atoms with E-state index in [4.69, 9.17) is 0 Å². The molecule has 86 valence electrons. The van der Waals surface area contributed by atoms with Gasteiger partial charge in [0, 0.05) is 12.1 Å². The van der Waals surface area contributed by atoms with Crippen LogP contribution < -0.4 is 10.6 Å². The molecule has 1 saturated heterocycles. The Morgan fingerprint density at radius 2 is 2.25 bits per heavy atom. The highest BCUT2D eigenvalue weighted by Crippen LogP contribution is 2.17. The molecule has 4 nitrogen and oxygen atoms in total. The number of piperidine rings is 1. The first kappa shape index (κ1) is 11.1. The van der Waals surface area contributed by atoms with Gasteiger partial charge in [-0.05, 0) is 44.5 Å². The van der Waals surface area contributed by atoms with E-state index in [0.29, 0.717) is 0 Å². The molecule has 0 spiro atoms. The summed E-state index contributed by atoms with van der Waals surface area (Å²) in [5.74, 6) is 0.262. The van der Waals surface area contributed by atoms with Crippen molar-refractivity contribution < 1.29 is 4.79 Å². The fraction of sp³-hybridized carbons (Fsp3) is 0.500. The summed E-state index contributed by atoms with van der Waals surface area (Å²) >= 11 is 0. The summed E-state index contributed by atoms with van der Waals surface area (Å²) in [6, 6.07) is 1.90. The molecule has 0 radical (unpaired) electrons. The third-order valence-electron chi connectivity index (χ3n) is 3.01. The first-order valence-electron chi connectivity index (χ1n) is 5.69. The molecule has 1 fully saturated rings. The molecule has 0 aromatic carbocycles. The van der Waals surface area contributed by atoms with Gasteiger partial charge in [0.1, 0.15) is 0 Å². The summed E-state index contributed by atoms with van der Waals surface area (Å²) in [5.41, 5.74) is 1.88. The molecule has 2 heterocycles. The SMILES string of the molecule is Cc1ccncc1NC(=O)C1CCNCC1. The zero-order valence-corrected chi connectivity index (χ0v) is 9.49. The van der Waals surface area contributed by atoms with Crippen molar-refractivity contribution in [2.45, 2.75) is 19.8 Å². The van der Waals surface area contributed by atoms with Gasteiger partial charge in [0.25, 0.3) is 0 Å². The topological polar surface area (TPSA) is 54.0 Å². The molecule has 1 aromatic rings. The molecule has 1 aromatic heterocycles. The average Bonchev–Trinajstić information content (AvgIpc) is 2.33. The number of aromatic nitrogens is 1. The number of anilines is 1. The number of amides is 1. The Labute approximate surface area is 95.5 Å². The number of pyridine rings is 1. The monoisotopic (exact) mass is 219 g/mol. The first-order valence-corrected chi connectivity index (χ1v) is 5.69. The second-order valence-corrected chi connectivity index (χ2v) is 4.20. The van der Waals surface area contributed by atoms with Crippen LogP contribution in [0.25, 0.3) is 0 Å². The predicted molar refractivity (Wildman–Crippen MR) is 63.2 cm³/mol. The minimum Gasteiger partial charge on any atom is -0.324 e. The third-order valence-corrected chi connectivity index (χ3v) is 3.01. The van der Waals surface area contributed by atoms with Gasteiger partial charge in [-0.1, -0.05) is 0 Å². The van der Waals surface area contributed by atoms with Crippen molar-refractivity contribution in [3.8, 4) is 0 Å². The van der Waals surface area contributed by atoms with Gasteiger partial charge in [0.05, 0.1) is 11.9 Å². The second-order valence-electron chi connectivity index (χ2n) is 4.20. The van der Waals surface area contributed by atoms with E-state index < -0.39 is 0 Å². The zero-order valence-electron chi connectivity index (χ0n) is 9.49. The molecule has 1 aliphatic rings. The Bertz CT molecular complexity index is 372. The van der Waals surface area contributed by atoms with Crippen LogP contribution in [0.15, 0.2) is 18.5 Å². The van der Waals surface area contributed by atoms with E-state index in [2.05, 4.69) is 15.6 Å². The smallest absolute Gasteiger partial charge is 0.227 e. The van der Waals surface area contributed by atoms with Gasteiger partial charge in [-0.2, -0.15) is 0 Å². The van der Waals surface area contributed by atoms with Crippen molar-refractivity contribution in [2.24, 2.45) is 5.92 Å². The minimum atomic E-state index is 0.123. The summed E-state index contributed by atoms with van der Waals surface area (Å²) in [6.45, 7) is 3.84. The molecule has 0 aliphatic carbocycles. The number of carbonyl (C=O) groups is 1. The Hall–Kier alpha value is -1.42. The number of rotatable bonds is 2. The third kappa shape index (κ3) is 2.58. The Morgan fingerprint density at radius 3 is 2.94 bits per heavy atom. The van der Waals surface area contributed by atoms with Gasteiger partial charge in [-0.3, -0.25) is 9.78 Å². The van der Waals surface area contributed by atoms with E-state index >= 15 is 0 Å². The molecule has 1 amide bonds. The number of carbonyl (C=O) groups excluding carboxylic acids is 1. The van der Waals surface area contributed by atoms with Gasteiger partial charge < -0.3 is 10.6 Å². The van der Waals surface area contributed by atoms with Crippen LogP contribution in [-0.4, -0.2) is 24.0 Å². The quantitative estimate of drug-likeness (QED) is 0.789. The lowest BCUT2D eigenvalue weighted by Gasteiger charge is -2.22. The molecule has 2 rings (SSSR count). The molecule has 0 saturated carbocycles. The zero-order chi connectivity index (χ0) is 11.4. The average molecular weight is 219 g/mol. The molecule has 0 atom stereocenters. The lowest BCUT2D eigenvalue weighted by molar-refractivity contribution is -0.120. The van der Waals surface area contributed by atoms with Crippen molar-refractivity contribution >= 4 is 11.6 Å². The second kappa shape index (κ2) is 5.07. The summed E-state index contributed by atoms with van der Waals surface area (Å²) in [4.78, 5) is 16.0. The van der Waals surface area contributed by atoms with E-state index in [0.717, 1.165) is 37.2 Å². The van der Waals surface area contributed by atoms with E-state index in [9.17, 15) is 4.79 Å². The maximum atomic E-state index is 12.0. The van der Waals surface area contributed by atoms with Gasteiger partial charge in [0.15, 0.2) is 0 Å². The number of nitrogens with zero attached hydrogens (tertiary/aromatic N) is 1. The highest BCUT2D eigenvalue weighted by atomic mass is 16.1. The van der Waals surface area contributed by atoms with Crippen LogP contribution in [-0.2, 0) is 4.79 Å². The molecular weight excluding hydrogens is 202 g/mol. The van der Waals surface area contributed by atoms with Crippen LogP contribution in [0.5, 0.6) is 0 Å². The van der Waals surface area contributed by atoms with Crippen molar-refractivity contribution in [1.82, 2.24) is 10.3 Å². The molecular formula is C12H17N3O. The molecule has 1 aliphatic heterocycles. The molecule has 4 heteroatoms. The van der Waals surface area contributed by atoms with Crippen LogP contribution in [0.4, 0.5) is 5.69 Å². The largest absolute Gasteiger partial charge is 0.324 e. The number of aryl methyl sites for hydroxylation is 1. The van der Waals surface area contributed by atoms with Gasteiger partial charge in [0.2, 0.25) is 5.91 Å². The molecule has 0 unspecified atom stereocenters. The van der Waals surface area contributed by atoms with Crippen molar-refractivity contribution in [3.05, 3.63) is 24.0 Å². The summed E-state index contributed by atoms with van der Waals surface area (Å²) < 4.78 is 0. The molecule has 16 heavy (non-hydrogen) atoms. The van der Waals surface area contributed by atoms with Crippen LogP contribution in [0, 0.1) is 12.8 Å². The van der Waals surface area contributed by atoms with Crippen molar-refractivity contribution in [1.29, 1.82) is 0 Å². The number of nitrogens with one attached hydrogen (secondary N) is 2. The van der Waals surface area contributed by atoms with E-state index in [1.165, 1.54) is 0 Å². The van der Waals surface area contributed by atoms with Crippen LogP contribution in [0.1, 0.15) is 18.4 Å². The van der Waals surface area contributed by atoms with Crippen molar-refractivity contribution in [3.63, 3.8) is 0 Å². The Kier molecular flexibility index (Phi) is 3.51. The Morgan fingerprint density at radius 1 is 1.50 bits per heavy atom. The molecule has 2 N–H and O–H groups in total. The predicted octanol–water partition coefficient (Wildman–Crippen LogP) is 1.33. The van der Waals surface area contributed by atoms with Gasteiger partial charge in [-0.15, -0.1) is 0 Å². The maximum Gasteiger partial charge on any atom is 0.227 e. The van der Waals surface area contributed by atoms with E-state index in [1.807, 2.05) is 13.0 Å². The lowest BCUT2D eigenvalue weighted by atomic mass is 9.97. The first-order chi connectivity index (χ1) is 7.77. The van der Waals surface area contributed by atoms with Gasteiger partial charge in [-0.25, -0.2) is 0 Å². The van der Waals surface area contributed by atoms with Crippen LogP contribution >= 0.6 is 0 Å². The minimum absolute atomic E-state index is 0.123. The Balaban J connectivity index is 1.99. The van der Waals surface area contributed by atoms with Crippen molar-refractivity contribution in [2.75, 3.05) is 18.4 Å². The number of hydrogen-bond donors (Lipinski definition) is 2. The van der Waals surface area contributed by atoms with E-state index in [1.54, 1.807) is 12.4 Å². The fourth-order valence-corrected chi connectivity index (χ4v) is 1.91. The standard InChI is InChI=1S/C12H17N3O/c1-9-2-5-14-8-11(9)15-12(16)10-3-6-13-7-4-10/h2,5,8,10,13H,3-4,6-7H2,1H3,(H,15,16). The van der Waals surface area contributed by atoms with Gasteiger partial charge >= 0.3 is 0 Å². The summed E-state index contributed by atoms with van der Waals surface area (Å²) in [5, 5.41) is 6.20. The molecule has 0 bridgehead atoms. The summed E-state index contributed by atoms with van der Waals surface area (Å²) in [7, 11) is 0. The van der Waals surface area contributed by atoms with Crippen LogP contribution in [0.3, 0.4) is 0 Å². The number of hydrogen-bond acceptors (Lipinski definition) is 3. The highest BCUT2D eigenvalue weighted by molar-refractivity contribution is 5.93. The lowest BCUT2D eigenvalue weighted by Crippen LogP contribution is -2.34. The van der Waals surface area contributed by atoms with E-state index in [-0.39, 0.29) is 11.8 Å². The normalized spacial score (nSPS) is 17.1. The summed E-state index contributed by atoms with van der Waals surface area (Å²) in [6.07, 6.45) is 5.28. The maximum absolute atomic E-state index is 12.0. The van der Waals surface area contributed by atoms with Crippen LogP contribution in [0.2, 0.25) is 0 Å². The fourth-order valence-electron chi connectivity index (χ4n) is 1.91.